The van der Waals surface area contributed by atoms with Crippen molar-refractivity contribution in [2.24, 2.45) is 0 Å². The Kier molecular flexibility index (Phi) is 5.28. The molecule has 0 spiro atoms. The molecule has 0 saturated carbocycles. The average molecular weight is 345 g/mol. The number of rotatable bonds is 6. The Hall–Kier alpha value is -3.49. The van der Waals surface area contributed by atoms with Crippen molar-refractivity contribution in [3.63, 3.8) is 0 Å². The summed E-state index contributed by atoms with van der Waals surface area (Å²) in [6, 6.07) is 9.28. The van der Waals surface area contributed by atoms with E-state index in [1.807, 2.05) is 13.8 Å². The van der Waals surface area contributed by atoms with Crippen LogP contribution in [0.2, 0.25) is 0 Å². The fraction of sp³-hybridized carbons (Fsp3) is 0.188. The third-order valence-corrected chi connectivity index (χ3v) is 3.07. The topological polar surface area (TPSA) is 125 Å². The number of carbonyl (C=O) groups is 1. The molecule has 1 N–H and O–H groups in total. The van der Waals surface area contributed by atoms with E-state index < -0.39 is 27.1 Å². The Balaban J connectivity index is 2.22. The van der Waals surface area contributed by atoms with Crippen molar-refractivity contribution in [2.45, 2.75) is 20.0 Å². The fourth-order valence-corrected chi connectivity index (χ4v) is 2.03. The first-order valence-electron chi connectivity index (χ1n) is 7.28. The first-order chi connectivity index (χ1) is 11.8. The maximum atomic E-state index is 12.2. The van der Waals surface area contributed by atoms with Crippen LogP contribution < -0.4 is 10.1 Å². The fourth-order valence-electron chi connectivity index (χ4n) is 2.03. The molecule has 0 aliphatic rings. The number of nitrogens with one attached hydrogen (secondary N) is 1. The summed E-state index contributed by atoms with van der Waals surface area (Å²) in [5, 5.41) is 24.3. The number of hydrogen-bond donors (Lipinski definition) is 1. The normalized spacial score (nSPS) is 10.4. The average Bonchev–Trinajstić information content (AvgIpc) is 2.55. The number of nitro groups is 2. The Morgan fingerprint density at radius 3 is 1.96 bits per heavy atom. The van der Waals surface area contributed by atoms with Gasteiger partial charge in [0, 0.05) is 17.8 Å². The van der Waals surface area contributed by atoms with Crippen molar-refractivity contribution >= 4 is 23.0 Å². The van der Waals surface area contributed by atoms with Gasteiger partial charge in [0.05, 0.1) is 27.6 Å². The predicted octanol–water partition coefficient (Wildman–Crippen LogP) is 3.54. The summed E-state index contributed by atoms with van der Waals surface area (Å²) >= 11 is 0. The van der Waals surface area contributed by atoms with E-state index in [9.17, 15) is 25.0 Å². The number of carbonyl (C=O) groups excluding carboxylic acids is 1. The molecular formula is C16H15N3O6. The summed E-state index contributed by atoms with van der Waals surface area (Å²) in [4.78, 5) is 32.4. The van der Waals surface area contributed by atoms with Gasteiger partial charge in [0.1, 0.15) is 5.75 Å². The lowest BCUT2D eigenvalue weighted by Gasteiger charge is -2.10. The summed E-state index contributed by atoms with van der Waals surface area (Å²) in [7, 11) is 0. The van der Waals surface area contributed by atoms with Gasteiger partial charge in [-0.1, -0.05) is 0 Å². The molecule has 0 aliphatic carbocycles. The number of hydrogen-bond acceptors (Lipinski definition) is 6. The van der Waals surface area contributed by atoms with Gasteiger partial charge in [-0.15, -0.1) is 0 Å². The summed E-state index contributed by atoms with van der Waals surface area (Å²) in [6.07, 6.45) is 0.00542. The van der Waals surface area contributed by atoms with Gasteiger partial charge in [-0.05, 0) is 38.1 Å². The molecule has 9 heteroatoms. The van der Waals surface area contributed by atoms with Gasteiger partial charge < -0.3 is 10.1 Å². The maximum absolute atomic E-state index is 12.2. The van der Waals surface area contributed by atoms with Crippen LogP contribution >= 0.6 is 0 Å². The number of non-ortho nitro benzene ring substituents is 2. The van der Waals surface area contributed by atoms with E-state index in [-0.39, 0.29) is 11.7 Å². The zero-order chi connectivity index (χ0) is 18.6. The third kappa shape index (κ3) is 4.74. The van der Waals surface area contributed by atoms with Gasteiger partial charge in [0.15, 0.2) is 0 Å². The third-order valence-electron chi connectivity index (χ3n) is 3.07. The Bertz CT molecular complexity index is 785. The van der Waals surface area contributed by atoms with Crippen LogP contribution in [0.5, 0.6) is 5.75 Å². The van der Waals surface area contributed by atoms with Crippen molar-refractivity contribution in [3.8, 4) is 5.75 Å². The van der Waals surface area contributed by atoms with Crippen molar-refractivity contribution < 1.29 is 19.4 Å². The number of anilines is 1. The maximum Gasteiger partial charge on any atom is 0.277 e. The van der Waals surface area contributed by atoms with Crippen LogP contribution in [0.1, 0.15) is 24.2 Å². The molecule has 2 rings (SSSR count). The highest BCUT2D eigenvalue weighted by Crippen LogP contribution is 2.24. The lowest BCUT2D eigenvalue weighted by atomic mass is 10.1. The SMILES string of the molecule is CC(C)Oc1ccc(NC(=O)c2cc([N+](=O)[O-])cc([N+](=O)[O-])c2)cc1. The lowest BCUT2D eigenvalue weighted by Crippen LogP contribution is -2.13. The molecule has 25 heavy (non-hydrogen) atoms. The number of nitrogens with zero attached hydrogens (tertiary/aromatic N) is 2. The van der Waals surface area contributed by atoms with Gasteiger partial charge in [-0.2, -0.15) is 0 Å². The van der Waals surface area contributed by atoms with Crippen LogP contribution in [0.25, 0.3) is 0 Å². The molecule has 2 aromatic rings. The minimum absolute atomic E-state index is 0.00542. The van der Waals surface area contributed by atoms with Crippen LogP contribution in [0, 0.1) is 20.2 Å². The number of nitro benzene ring substituents is 2. The molecular weight excluding hydrogens is 330 g/mol. The highest BCUT2D eigenvalue weighted by atomic mass is 16.6. The van der Waals surface area contributed by atoms with Crippen molar-refractivity contribution in [3.05, 3.63) is 68.3 Å². The predicted molar refractivity (Wildman–Crippen MR) is 89.9 cm³/mol. The molecule has 0 heterocycles. The van der Waals surface area contributed by atoms with E-state index in [1.165, 1.54) is 0 Å². The van der Waals surface area contributed by atoms with E-state index in [0.717, 1.165) is 18.2 Å². The summed E-state index contributed by atoms with van der Waals surface area (Å²) in [5.41, 5.74) is -0.807. The summed E-state index contributed by atoms with van der Waals surface area (Å²) in [5.74, 6) is -0.0664. The summed E-state index contributed by atoms with van der Waals surface area (Å²) in [6.45, 7) is 3.76. The summed E-state index contributed by atoms with van der Waals surface area (Å²) < 4.78 is 5.48. The standard InChI is InChI=1S/C16H15N3O6/c1-10(2)25-15-5-3-12(4-6-15)17-16(20)11-7-13(18(21)22)9-14(8-11)19(23)24/h3-10H,1-2H3,(H,17,20). The van der Waals surface area contributed by atoms with Crippen molar-refractivity contribution in [1.82, 2.24) is 0 Å². The number of benzene rings is 2. The first-order valence-corrected chi connectivity index (χ1v) is 7.28. The second kappa shape index (κ2) is 7.39. The molecule has 0 atom stereocenters. The van der Waals surface area contributed by atoms with E-state index in [4.69, 9.17) is 4.74 Å². The minimum atomic E-state index is -0.790. The van der Waals surface area contributed by atoms with Crippen molar-refractivity contribution in [1.29, 1.82) is 0 Å². The van der Waals surface area contributed by atoms with Crippen LogP contribution in [0.3, 0.4) is 0 Å². The van der Waals surface area contributed by atoms with E-state index in [0.29, 0.717) is 11.4 Å². The van der Waals surface area contributed by atoms with Crippen LogP contribution in [0.15, 0.2) is 42.5 Å². The zero-order valence-corrected chi connectivity index (χ0v) is 13.5. The first kappa shape index (κ1) is 17.9. The molecule has 9 nitrogen and oxygen atoms in total. The molecule has 1 amide bonds. The molecule has 130 valence electrons. The van der Waals surface area contributed by atoms with E-state index in [1.54, 1.807) is 24.3 Å². The monoisotopic (exact) mass is 345 g/mol. The van der Waals surface area contributed by atoms with Gasteiger partial charge >= 0.3 is 0 Å². The molecule has 0 aliphatic heterocycles. The molecule has 0 bridgehead atoms. The highest BCUT2D eigenvalue weighted by molar-refractivity contribution is 6.05. The minimum Gasteiger partial charge on any atom is -0.491 e. The quantitative estimate of drug-likeness (QED) is 0.630. The molecule has 0 fully saturated rings. The Labute approximate surface area is 142 Å². The molecule has 0 aromatic heterocycles. The molecule has 0 saturated heterocycles. The molecule has 2 aromatic carbocycles. The van der Waals surface area contributed by atoms with E-state index in [2.05, 4.69) is 5.32 Å². The smallest absolute Gasteiger partial charge is 0.277 e. The highest BCUT2D eigenvalue weighted by Gasteiger charge is 2.20. The lowest BCUT2D eigenvalue weighted by molar-refractivity contribution is -0.394. The number of amides is 1. The largest absolute Gasteiger partial charge is 0.491 e. The van der Waals surface area contributed by atoms with Gasteiger partial charge in [-0.25, -0.2) is 0 Å². The van der Waals surface area contributed by atoms with Crippen LogP contribution in [0.4, 0.5) is 17.1 Å². The van der Waals surface area contributed by atoms with Gasteiger partial charge in [-0.3, -0.25) is 25.0 Å². The second-order valence-corrected chi connectivity index (χ2v) is 5.40. The van der Waals surface area contributed by atoms with Crippen LogP contribution in [-0.2, 0) is 0 Å². The Morgan fingerprint density at radius 2 is 1.52 bits per heavy atom. The molecule has 0 radical (unpaired) electrons. The van der Waals surface area contributed by atoms with E-state index >= 15 is 0 Å². The van der Waals surface area contributed by atoms with Crippen LogP contribution in [-0.4, -0.2) is 21.9 Å². The zero-order valence-electron chi connectivity index (χ0n) is 13.5. The van der Waals surface area contributed by atoms with Crippen molar-refractivity contribution in [2.75, 3.05) is 5.32 Å². The Morgan fingerprint density at radius 1 is 1.00 bits per heavy atom. The van der Waals surface area contributed by atoms with Gasteiger partial charge in [0.25, 0.3) is 17.3 Å². The second-order valence-electron chi connectivity index (χ2n) is 5.40. The number of ether oxygens (including phenoxy) is 1. The van der Waals surface area contributed by atoms with Gasteiger partial charge in [0.2, 0.25) is 0 Å². The molecule has 0 unspecified atom stereocenters.